The van der Waals surface area contributed by atoms with E-state index in [-0.39, 0.29) is 46.0 Å². The van der Waals surface area contributed by atoms with Crippen molar-refractivity contribution in [3.63, 3.8) is 0 Å². The lowest BCUT2D eigenvalue weighted by molar-refractivity contribution is -0.141. The third-order valence-corrected chi connectivity index (χ3v) is 6.20. The number of carbonyl (C=O) groups is 1. The zero-order valence-electron chi connectivity index (χ0n) is 20.9. The lowest BCUT2D eigenvalue weighted by atomic mass is 10.0. The molecule has 1 N–H and O–H groups in total. The predicted molar refractivity (Wildman–Crippen MR) is 127 cm³/mol. The number of nitrogens with one attached hydrogen (secondary N) is 1. The van der Waals surface area contributed by atoms with E-state index in [9.17, 15) is 27.2 Å². The fourth-order valence-electron chi connectivity index (χ4n) is 4.34. The van der Waals surface area contributed by atoms with Gasteiger partial charge in [-0.1, -0.05) is 0 Å². The number of amides is 1. The van der Waals surface area contributed by atoms with Crippen molar-refractivity contribution in [3.8, 4) is 0 Å². The zero-order valence-corrected chi connectivity index (χ0v) is 20.9. The van der Waals surface area contributed by atoms with Crippen molar-refractivity contribution in [3.05, 3.63) is 57.1 Å². The predicted octanol–water partition coefficient (Wildman–Crippen LogP) is 3.61. The summed E-state index contributed by atoms with van der Waals surface area (Å²) in [4.78, 5) is 38.6. The molecule has 3 aromatic rings. The van der Waals surface area contributed by atoms with E-state index in [1.165, 1.54) is 30.4 Å². The van der Waals surface area contributed by atoms with E-state index in [4.69, 9.17) is 4.74 Å². The molecule has 1 aliphatic rings. The molecule has 1 amide bonds. The van der Waals surface area contributed by atoms with Crippen molar-refractivity contribution in [2.45, 2.75) is 52.1 Å². The maximum absolute atomic E-state index is 14.9. The lowest BCUT2D eigenvalue weighted by Crippen LogP contribution is -2.48. The number of ether oxygens (including phenoxy) is 1. The smallest absolute Gasteiger partial charge is 0.372 e. The average molecular weight is 523 g/mol. The fourth-order valence-corrected chi connectivity index (χ4v) is 4.34. The molecule has 1 aliphatic heterocycles. The van der Waals surface area contributed by atoms with Crippen LogP contribution < -0.4 is 10.9 Å². The highest BCUT2D eigenvalue weighted by atomic mass is 19.4. The molecule has 1 fully saturated rings. The largest absolute Gasteiger partial charge is 0.433 e. The monoisotopic (exact) mass is 522 g/mol. The van der Waals surface area contributed by atoms with Gasteiger partial charge in [-0.05, 0) is 39.8 Å². The molecule has 9 nitrogen and oxygen atoms in total. The number of halogens is 4. The number of fused-ring (bicyclic) bond motifs is 1. The van der Waals surface area contributed by atoms with Crippen LogP contribution in [0.5, 0.6) is 0 Å². The van der Waals surface area contributed by atoms with Gasteiger partial charge in [0.2, 0.25) is 0 Å². The van der Waals surface area contributed by atoms with E-state index < -0.39 is 35.2 Å². The Bertz CT molecular complexity index is 1410. The Morgan fingerprint density at radius 2 is 1.84 bits per heavy atom. The second-order valence-electron chi connectivity index (χ2n) is 9.21. The first-order valence-electron chi connectivity index (χ1n) is 11.6. The van der Waals surface area contributed by atoms with E-state index >= 15 is 0 Å². The number of pyridine rings is 2. The summed E-state index contributed by atoms with van der Waals surface area (Å²) in [6.45, 7) is 7.17. The van der Waals surface area contributed by atoms with Crippen LogP contribution in [0.4, 0.5) is 23.4 Å². The number of rotatable bonds is 4. The Labute approximate surface area is 209 Å². The number of hydrogen-bond donors (Lipinski definition) is 1. The van der Waals surface area contributed by atoms with Crippen molar-refractivity contribution in [2.75, 3.05) is 18.4 Å². The number of aryl methyl sites for hydroxylation is 1. The first-order chi connectivity index (χ1) is 17.3. The summed E-state index contributed by atoms with van der Waals surface area (Å²) in [6, 6.07) is 0.902. The number of hydrogen-bond acceptors (Lipinski definition) is 7. The molecule has 0 bridgehead atoms. The molecular weight excluding hydrogens is 496 g/mol. The Morgan fingerprint density at radius 1 is 1.19 bits per heavy atom. The maximum Gasteiger partial charge on any atom is 0.433 e. The van der Waals surface area contributed by atoms with E-state index in [1.807, 2.05) is 13.8 Å². The van der Waals surface area contributed by atoms with Crippen LogP contribution in [0.1, 0.15) is 54.3 Å². The zero-order chi connectivity index (χ0) is 27.2. The first kappa shape index (κ1) is 26.5. The summed E-state index contributed by atoms with van der Waals surface area (Å²) in [5.41, 5.74) is -2.51. The summed E-state index contributed by atoms with van der Waals surface area (Å²) < 4.78 is 63.3. The molecule has 3 atom stereocenters. The van der Waals surface area contributed by atoms with Crippen LogP contribution in [0.3, 0.4) is 0 Å². The SMILES string of the molecule is Cc1nc2nc(C(F)(F)F)c([C@@H](C)Nc3ncc(C(=O)N4C[C@@H](C)O[C@@H](C)C4)cc3F)cc2c(=O)n1C. The molecule has 0 aliphatic carbocycles. The van der Waals surface area contributed by atoms with Crippen molar-refractivity contribution < 1.29 is 27.1 Å². The Morgan fingerprint density at radius 3 is 2.43 bits per heavy atom. The second-order valence-corrected chi connectivity index (χ2v) is 9.21. The second kappa shape index (κ2) is 9.69. The van der Waals surface area contributed by atoms with Crippen LogP contribution in [-0.2, 0) is 18.0 Å². The van der Waals surface area contributed by atoms with Gasteiger partial charge < -0.3 is 15.0 Å². The van der Waals surface area contributed by atoms with Gasteiger partial charge in [-0.25, -0.2) is 19.3 Å². The minimum Gasteiger partial charge on any atom is -0.372 e. The van der Waals surface area contributed by atoms with Crippen molar-refractivity contribution in [2.24, 2.45) is 7.05 Å². The Balaban J connectivity index is 1.65. The molecule has 0 aromatic carbocycles. The van der Waals surface area contributed by atoms with Crippen LogP contribution in [-0.4, -0.2) is 55.6 Å². The Kier molecular flexibility index (Phi) is 6.93. The van der Waals surface area contributed by atoms with E-state index in [2.05, 4.69) is 20.3 Å². The minimum atomic E-state index is -4.86. The van der Waals surface area contributed by atoms with Gasteiger partial charge in [-0.2, -0.15) is 13.2 Å². The van der Waals surface area contributed by atoms with Crippen molar-refractivity contribution in [1.29, 1.82) is 0 Å². The number of morpholine rings is 1. The minimum absolute atomic E-state index is 0.00490. The molecular formula is C24H26F4N6O3. The summed E-state index contributed by atoms with van der Waals surface area (Å²) in [5, 5.41) is 2.51. The van der Waals surface area contributed by atoms with Gasteiger partial charge in [0.15, 0.2) is 23.0 Å². The van der Waals surface area contributed by atoms with Crippen LogP contribution >= 0.6 is 0 Å². The number of nitrogens with zero attached hydrogens (tertiary/aromatic N) is 5. The van der Waals surface area contributed by atoms with Gasteiger partial charge in [0.05, 0.1) is 29.2 Å². The van der Waals surface area contributed by atoms with Gasteiger partial charge in [-0.3, -0.25) is 14.2 Å². The lowest BCUT2D eigenvalue weighted by Gasteiger charge is -2.35. The Hall–Kier alpha value is -3.61. The summed E-state index contributed by atoms with van der Waals surface area (Å²) >= 11 is 0. The summed E-state index contributed by atoms with van der Waals surface area (Å²) in [7, 11) is 1.45. The van der Waals surface area contributed by atoms with Crippen LogP contribution in [0, 0.1) is 12.7 Å². The third kappa shape index (κ3) is 5.26. The molecule has 4 heterocycles. The van der Waals surface area contributed by atoms with E-state index in [0.29, 0.717) is 13.1 Å². The molecule has 37 heavy (non-hydrogen) atoms. The highest BCUT2D eigenvalue weighted by Gasteiger charge is 2.38. The van der Waals surface area contributed by atoms with Crippen LogP contribution in [0.2, 0.25) is 0 Å². The van der Waals surface area contributed by atoms with Crippen LogP contribution in [0.25, 0.3) is 11.0 Å². The maximum atomic E-state index is 14.9. The quantitative estimate of drug-likeness (QED) is 0.523. The molecule has 13 heteroatoms. The first-order valence-corrected chi connectivity index (χ1v) is 11.6. The molecule has 0 radical (unpaired) electrons. The molecule has 198 valence electrons. The normalized spacial score (nSPS) is 19.2. The molecule has 0 unspecified atom stereocenters. The highest BCUT2D eigenvalue weighted by Crippen LogP contribution is 2.35. The van der Waals surface area contributed by atoms with Gasteiger partial charge in [0, 0.05) is 31.9 Å². The summed E-state index contributed by atoms with van der Waals surface area (Å²) in [5.74, 6) is -1.48. The van der Waals surface area contributed by atoms with Gasteiger partial charge >= 0.3 is 6.18 Å². The van der Waals surface area contributed by atoms with Gasteiger partial charge in [-0.15, -0.1) is 0 Å². The molecule has 0 spiro atoms. The van der Waals surface area contributed by atoms with Crippen LogP contribution in [0.15, 0.2) is 23.1 Å². The highest BCUT2D eigenvalue weighted by molar-refractivity contribution is 5.94. The summed E-state index contributed by atoms with van der Waals surface area (Å²) in [6.07, 6.45) is -4.05. The van der Waals surface area contributed by atoms with Gasteiger partial charge in [0.25, 0.3) is 11.5 Å². The molecule has 1 saturated heterocycles. The molecule has 3 aromatic heterocycles. The average Bonchev–Trinajstić information content (AvgIpc) is 2.81. The van der Waals surface area contributed by atoms with Crippen molar-refractivity contribution >= 4 is 22.8 Å². The van der Waals surface area contributed by atoms with Gasteiger partial charge in [0.1, 0.15) is 5.82 Å². The van der Waals surface area contributed by atoms with Crippen molar-refractivity contribution in [1.82, 2.24) is 24.4 Å². The third-order valence-electron chi connectivity index (χ3n) is 6.20. The standard InChI is InChI=1S/C24H26F4N6O3/c1-11-9-34(10-12(2)37-11)22(35)15-6-18(25)21(29-8-15)30-13(3)16-7-17-20(32-19(16)24(26,27)28)31-14(4)33(5)23(17)36/h6-8,11-13H,9-10H2,1-5H3,(H,29,30)/t11-,12+,13-/m1/s1. The fraction of sp³-hybridized carbons (Fsp3) is 0.458. The molecule has 0 saturated carbocycles. The van der Waals surface area contributed by atoms with E-state index in [0.717, 1.165) is 18.3 Å². The van der Waals surface area contributed by atoms with E-state index in [1.54, 1.807) is 0 Å². The number of anilines is 1. The number of aromatic nitrogens is 4. The number of alkyl halides is 3. The molecule has 4 rings (SSSR count). The topological polar surface area (TPSA) is 102 Å². The number of carbonyl (C=O) groups excluding carboxylic acids is 1.